The molecule has 0 saturated heterocycles. The molecule has 0 atom stereocenters. The van der Waals surface area contributed by atoms with Gasteiger partial charge in [-0.1, -0.05) is 0 Å². The predicted octanol–water partition coefficient (Wildman–Crippen LogP) is 2.51. The molecule has 18 heavy (non-hydrogen) atoms. The van der Waals surface area contributed by atoms with E-state index in [1.807, 2.05) is 42.7 Å². The standard InChI is InChI=1S/C14H17N3O/c1-14(2)10-17(16-7-3-4-8-16)12-6-5-11(15)9-13(12)18-14/h3-9H,10,15H2,1-2H3. The molecule has 0 saturated carbocycles. The lowest BCUT2D eigenvalue weighted by molar-refractivity contribution is 0.102. The van der Waals surface area contributed by atoms with Gasteiger partial charge in [0.2, 0.25) is 0 Å². The van der Waals surface area contributed by atoms with Gasteiger partial charge in [-0.2, -0.15) is 0 Å². The van der Waals surface area contributed by atoms with Crippen molar-refractivity contribution < 1.29 is 4.74 Å². The second-order valence-corrected chi connectivity index (χ2v) is 5.21. The molecule has 1 aromatic carbocycles. The van der Waals surface area contributed by atoms with E-state index in [4.69, 9.17) is 10.5 Å². The number of anilines is 2. The predicted molar refractivity (Wildman–Crippen MR) is 72.7 cm³/mol. The lowest BCUT2D eigenvalue weighted by Crippen LogP contribution is -2.48. The van der Waals surface area contributed by atoms with Gasteiger partial charge < -0.3 is 10.5 Å². The van der Waals surface area contributed by atoms with Gasteiger partial charge in [-0.3, -0.25) is 9.69 Å². The topological polar surface area (TPSA) is 43.4 Å². The summed E-state index contributed by atoms with van der Waals surface area (Å²) >= 11 is 0. The van der Waals surface area contributed by atoms with E-state index in [0.29, 0.717) is 0 Å². The zero-order chi connectivity index (χ0) is 12.8. The van der Waals surface area contributed by atoms with E-state index in [2.05, 4.69) is 23.5 Å². The minimum atomic E-state index is -0.245. The Balaban J connectivity index is 2.11. The van der Waals surface area contributed by atoms with Crippen molar-refractivity contribution >= 4 is 11.4 Å². The highest BCUT2D eigenvalue weighted by molar-refractivity contribution is 5.65. The smallest absolute Gasteiger partial charge is 0.147 e. The van der Waals surface area contributed by atoms with Gasteiger partial charge in [0.15, 0.2) is 0 Å². The normalized spacial score (nSPS) is 17.1. The number of hydrogen-bond acceptors (Lipinski definition) is 3. The van der Waals surface area contributed by atoms with Gasteiger partial charge in [0.1, 0.15) is 17.0 Å². The zero-order valence-corrected chi connectivity index (χ0v) is 10.6. The Morgan fingerprint density at radius 3 is 2.67 bits per heavy atom. The Morgan fingerprint density at radius 2 is 1.94 bits per heavy atom. The summed E-state index contributed by atoms with van der Waals surface area (Å²) in [5.41, 5.74) is 7.35. The van der Waals surface area contributed by atoms with Crippen molar-refractivity contribution in [3.63, 3.8) is 0 Å². The number of rotatable bonds is 1. The number of aromatic nitrogens is 1. The van der Waals surface area contributed by atoms with Gasteiger partial charge in [-0.25, -0.2) is 0 Å². The van der Waals surface area contributed by atoms with Crippen LogP contribution in [-0.2, 0) is 0 Å². The second-order valence-electron chi connectivity index (χ2n) is 5.21. The van der Waals surface area contributed by atoms with Crippen LogP contribution in [0.25, 0.3) is 0 Å². The number of nitrogen functional groups attached to an aromatic ring is 1. The van der Waals surface area contributed by atoms with Gasteiger partial charge in [0.25, 0.3) is 0 Å². The molecule has 1 aromatic heterocycles. The molecule has 0 unspecified atom stereocenters. The monoisotopic (exact) mass is 243 g/mol. The van der Waals surface area contributed by atoms with Crippen molar-refractivity contribution in [2.75, 3.05) is 17.3 Å². The van der Waals surface area contributed by atoms with Gasteiger partial charge >= 0.3 is 0 Å². The summed E-state index contributed by atoms with van der Waals surface area (Å²) in [5.74, 6) is 0.833. The van der Waals surface area contributed by atoms with Gasteiger partial charge in [-0.05, 0) is 38.1 Å². The lowest BCUT2D eigenvalue weighted by Gasteiger charge is -2.41. The summed E-state index contributed by atoms with van der Waals surface area (Å²) in [6, 6.07) is 9.81. The van der Waals surface area contributed by atoms with E-state index < -0.39 is 0 Å². The number of benzene rings is 1. The maximum Gasteiger partial charge on any atom is 0.147 e. The third kappa shape index (κ3) is 1.79. The first-order valence-corrected chi connectivity index (χ1v) is 6.04. The number of ether oxygens (including phenoxy) is 1. The second kappa shape index (κ2) is 3.70. The summed E-state index contributed by atoms with van der Waals surface area (Å²) in [6.45, 7) is 4.95. The van der Waals surface area contributed by atoms with Gasteiger partial charge in [0, 0.05) is 24.1 Å². The van der Waals surface area contributed by atoms with E-state index in [0.717, 1.165) is 23.7 Å². The molecule has 0 spiro atoms. The Labute approximate surface area is 107 Å². The van der Waals surface area contributed by atoms with Crippen LogP contribution in [0.4, 0.5) is 11.4 Å². The highest BCUT2D eigenvalue weighted by Gasteiger charge is 2.32. The summed E-state index contributed by atoms with van der Waals surface area (Å²) in [6.07, 6.45) is 4.06. The molecule has 2 aromatic rings. The first kappa shape index (κ1) is 11.0. The molecule has 0 bridgehead atoms. The molecular formula is C14H17N3O. The van der Waals surface area contributed by atoms with E-state index in [1.165, 1.54) is 0 Å². The van der Waals surface area contributed by atoms with Crippen LogP contribution >= 0.6 is 0 Å². The molecule has 1 aliphatic rings. The molecule has 0 fully saturated rings. The first-order valence-electron chi connectivity index (χ1n) is 6.04. The van der Waals surface area contributed by atoms with Crippen LogP contribution in [0.15, 0.2) is 42.7 Å². The maximum absolute atomic E-state index is 5.99. The average Bonchev–Trinajstić information content (AvgIpc) is 2.79. The van der Waals surface area contributed by atoms with E-state index in [-0.39, 0.29) is 5.60 Å². The molecule has 0 radical (unpaired) electrons. The van der Waals surface area contributed by atoms with E-state index >= 15 is 0 Å². The molecule has 3 rings (SSSR count). The largest absolute Gasteiger partial charge is 0.484 e. The van der Waals surface area contributed by atoms with E-state index in [9.17, 15) is 0 Å². The third-order valence-corrected chi connectivity index (χ3v) is 3.05. The molecule has 0 aliphatic carbocycles. The van der Waals surface area contributed by atoms with Crippen LogP contribution in [0, 0.1) is 0 Å². The molecule has 1 aliphatic heterocycles. The number of nitrogens with two attached hydrogens (primary N) is 1. The third-order valence-electron chi connectivity index (χ3n) is 3.05. The van der Waals surface area contributed by atoms with Crippen LogP contribution < -0.4 is 15.5 Å². The molecule has 2 N–H and O–H groups in total. The summed E-state index contributed by atoms with van der Waals surface area (Å²) in [7, 11) is 0. The van der Waals surface area contributed by atoms with Crippen molar-refractivity contribution in [3.8, 4) is 5.75 Å². The fraction of sp³-hybridized carbons (Fsp3) is 0.286. The SMILES string of the molecule is CC1(C)CN(n2cccc2)c2ccc(N)cc2O1. The lowest BCUT2D eigenvalue weighted by atomic mass is 10.1. The Bertz CT molecular complexity index is 560. The average molecular weight is 243 g/mol. The molecular weight excluding hydrogens is 226 g/mol. The van der Waals surface area contributed by atoms with Crippen molar-refractivity contribution in [1.29, 1.82) is 0 Å². The Kier molecular flexibility index (Phi) is 2.26. The minimum absolute atomic E-state index is 0.245. The molecule has 0 amide bonds. The van der Waals surface area contributed by atoms with Crippen LogP contribution in [-0.4, -0.2) is 16.8 Å². The fourth-order valence-corrected chi connectivity index (χ4v) is 2.29. The van der Waals surface area contributed by atoms with Crippen LogP contribution in [0.3, 0.4) is 0 Å². The summed E-state index contributed by atoms with van der Waals surface area (Å²) < 4.78 is 8.06. The van der Waals surface area contributed by atoms with Crippen LogP contribution in [0.2, 0.25) is 0 Å². The maximum atomic E-state index is 5.99. The number of nitrogens with zero attached hydrogens (tertiary/aromatic N) is 2. The summed E-state index contributed by atoms with van der Waals surface area (Å²) in [4.78, 5) is 0. The van der Waals surface area contributed by atoms with Crippen molar-refractivity contribution in [1.82, 2.24) is 4.68 Å². The fourth-order valence-electron chi connectivity index (χ4n) is 2.29. The highest BCUT2D eigenvalue weighted by atomic mass is 16.5. The van der Waals surface area contributed by atoms with Gasteiger partial charge in [-0.15, -0.1) is 0 Å². The van der Waals surface area contributed by atoms with Crippen LogP contribution in [0.1, 0.15) is 13.8 Å². The van der Waals surface area contributed by atoms with Crippen molar-refractivity contribution in [3.05, 3.63) is 42.7 Å². The van der Waals surface area contributed by atoms with E-state index in [1.54, 1.807) is 0 Å². The first-order chi connectivity index (χ1) is 8.55. The molecule has 94 valence electrons. The van der Waals surface area contributed by atoms with Gasteiger partial charge in [0.05, 0.1) is 6.54 Å². The quantitative estimate of drug-likeness (QED) is 0.783. The Hall–Kier alpha value is -2.10. The Morgan fingerprint density at radius 1 is 1.22 bits per heavy atom. The molecule has 4 nitrogen and oxygen atoms in total. The van der Waals surface area contributed by atoms with Crippen molar-refractivity contribution in [2.45, 2.75) is 19.4 Å². The summed E-state index contributed by atoms with van der Waals surface area (Å²) in [5, 5.41) is 2.19. The minimum Gasteiger partial charge on any atom is -0.484 e. The highest BCUT2D eigenvalue weighted by Crippen LogP contribution is 2.38. The molecule has 4 heteroatoms. The number of hydrogen-bond donors (Lipinski definition) is 1. The zero-order valence-electron chi connectivity index (χ0n) is 10.6. The van der Waals surface area contributed by atoms with Crippen LogP contribution in [0.5, 0.6) is 5.75 Å². The van der Waals surface area contributed by atoms with Crippen molar-refractivity contribution in [2.24, 2.45) is 0 Å². The molecule has 2 heterocycles. The number of fused-ring (bicyclic) bond motifs is 1.